The third kappa shape index (κ3) is 66.0. The first-order chi connectivity index (χ1) is 43.5. The van der Waals surface area contributed by atoms with Gasteiger partial charge in [0.2, 0.25) is 35.4 Å². The second-order valence-electron chi connectivity index (χ2n) is 26.7. The molecule has 0 unspecified atom stereocenters. The van der Waals surface area contributed by atoms with E-state index in [0.29, 0.717) is 44.8 Å². The summed E-state index contributed by atoms with van der Waals surface area (Å²) in [7, 11) is 0. The molecule has 0 saturated carbocycles. The van der Waals surface area contributed by atoms with E-state index in [4.69, 9.17) is 5.73 Å². The summed E-state index contributed by atoms with van der Waals surface area (Å²) in [6.07, 6.45) is 59.0. The molecular weight excluding hydrogens is 1110 g/mol. The van der Waals surface area contributed by atoms with Gasteiger partial charge in [0.15, 0.2) is 0 Å². The van der Waals surface area contributed by atoms with Gasteiger partial charge in [-0.3, -0.25) is 28.8 Å². The number of hydrogen-bond acceptors (Lipinski definition) is 8. The highest BCUT2D eigenvalue weighted by atomic mass is 16.2. The molecule has 14 nitrogen and oxygen atoms in total. The number of nitrogens with zero attached hydrogens (tertiary/aromatic N) is 2. The zero-order valence-corrected chi connectivity index (χ0v) is 59.3. The lowest BCUT2D eigenvalue weighted by atomic mass is 9.99. The fourth-order valence-electron chi connectivity index (χ4n) is 12.1. The van der Waals surface area contributed by atoms with Crippen molar-refractivity contribution in [3.05, 3.63) is 0 Å². The topological polar surface area (TPSA) is 195 Å². The maximum Gasteiger partial charge on any atom is 0.220 e. The molecule has 0 bridgehead atoms. The van der Waals surface area contributed by atoms with E-state index in [0.717, 1.165) is 181 Å². The van der Waals surface area contributed by atoms with Gasteiger partial charge in [-0.1, -0.05) is 259 Å². The first-order valence-electron chi connectivity index (χ1n) is 38.6. The molecule has 14 heteroatoms. The lowest BCUT2D eigenvalue weighted by Crippen LogP contribution is -2.37. The van der Waals surface area contributed by atoms with Crippen LogP contribution in [0, 0.1) is 0 Å². The number of hydrogen-bond donors (Lipinski definition) is 6. The predicted molar refractivity (Wildman–Crippen MR) is 378 cm³/mol. The Morgan fingerprint density at radius 2 is 0.506 bits per heavy atom. The lowest BCUT2D eigenvalue weighted by molar-refractivity contribution is -0.126. The first kappa shape index (κ1) is 85.7. The molecule has 6 amide bonds. The Bertz CT molecular complexity index is 1590. The molecule has 0 aromatic heterocycles. The Morgan fingerprint density at radius 3 is 0.843 bits per heavy atom. The summed E-state index contributed by atoms with van der Waals surface area (Å²) in [6.45, 7) is 16.8. The third-order valence-electron chi connectivity index (χ3n) is 18.0. The molecule has 0 fully saturated rings. The summed E-state index contributed by atoms with van der Waals surface area (Å²) in [5, 5.41) is 15.9. The number of unbranched alkanes of at least 4 members (excludes halogenated alkanes) is 38. The third-order valence-corrected chi connectivity index (χ3v) is 18.0. The molecule has 0 aromatic rings. The van der Waals surface area contributed by atoms with Crippen LogP contribution in [-0.2, 0) is 28.8 Å². The number of nitrogens with two attached hydrogens (primary N) is 1. The number of carbonyl (C=O) groups excluding carboxylic acids is 6. The molecule has 0 radical (unpaired) electrons. The summed E-state index contributed by atoms with van der Waals surface area (Å²) in [5.74, 6) is 0.0847. The van der Waals surface area contributed by atoms with E-state index in [1.807, 2.05) is 0 Å². The Labute approximate surface area is 549 Å². The van der Waals surface area contributed by atoms with Crippen molar-refractivity contribution in [3.8, 4) is 0 Å². The van der Waals surface area contributed by atoms with Gasteiger partial charge >= 0.3 is 0 Å². The quantitative estimate of drug-likeness (QED) is 0.0324. The fraction of sp³-hybridized carbons (Fsp3) is 0.920. The standard InChI is InChI=1S/C75H148N8O6/c1-5-9-13-17-21-23-25-33-45-59-77-71(85)54-43-37-49-65-82(63-47-35-27-31-41-53-70(76)84)67-61-79-73(87)57-58-74(88)80-62-68-83(66-50-38-44-55-72(86)78-60-46-34-26-24-22-18-14-10-6-2)64-48-36-28-32-42-56-75(89)81-69(51-39-29-19-15-11-7-3)52-40-30-20-16-12-8-4/h69H,5-68H2,1-4H3,(H2,76,84)(H,77,85)(H,78,86)(H,79,87)(H,80,88)(H,81,89). The molecule has 89 heavy (non-hydrogen) atoms. The van der Waals surface area contributed by atoms with Crippen LogP contribution in [-0.4, -0.2) is 117 Å². The number of carbonyl (C=O) groups is 6. The van der Waals surface area contributed by atoms with Crippen molar-refractivity contribution in [1.82, 2.24) is 36.4 Å². The van der Waals surface area contributed by atoms with E-state index in [-0.39, 0.29) is 48.3 Å². The molecule has 7 N–H and O–H groups in total. The average molecular weight is 1260 g/mol. The lowest BCUT2D eigenvalue weighted by Gasteiger charge is -2.23. The minimum atomic E-state index is -0.239. The molecule has 0 aliphatic heterocycles. The zero-order valence-electron chi connectivity index (χ0n) is 59.3. The Morgan fingerprint density at radius 1 is 0.258 bits per heavy atom. The smallest absolute Gasteiger partial charge is 0.220 e. The van der Waals surface area contributed by atoms with E-state index >= 15 is 0 Å². The molecule has 0 aliphatic carbocycles. The van der Waals surface area contributed by atoms with Crippen LogP contribution < -0.4 is 32.3 Å². The Kier molecular flexibility index (Phi) is 66.6. The maximum absolute atomic E-state index is 13.1. The van der Waals surface area contributed by atoms with Crippen molar-refractivity contribution >= 4 is 35.4 Å². The van der Waals surface area contributed by atoms with Crippen molar-refractivity contribution < 1.29 is 28.8 Å². The monoisotopic (exact) mass is 1260 g/mol. The Hall–Kier alpha value is -3.26. The number of primary amides is 1. The Balaban J connectivity index is 5.03. The average Bonchev–Trinajstić information content (AvgIpc) is 3.54. The van der Waals surface area contributed by atoms with Crippen LogP contribution in [0.4, 0.5) is 0 Å². The fourth-order valence-corrected chi connectivity index (χ4v) is 12.1. The van der Waals surface area contributed by atoms with E-state index in [9.17, 15) is 28.8 Å². The minimum Gasteiger partial charge on any atom is -0.370 e. The largest absolute Gasteiger partial charge is 0.370 e. The molecule has 0 aliphatic rings. The van der Waals surface area contributed by atoms with Gasteiger partial charge in [0.1, 0.15) is 0 Å². The van der Waals surface area contributed by atoms with Gasteiger partial charge in [-0.15, -0.1) is 0 Å². The second kappa shape index (κ2) is 69.1. The van der Waals surface area contributed by atoms with Crippen LogP contribution in [0.25, 0.3) is 0 Å². The first-order valence-corrected chi connectivity index (χ1v) is 38.6. The second-order valence-corrected chi connectivity index (χ2v) is 26.7. The molecule has 0 heterocycles. The molecule has 0 spiro atoms. The number of amides is 6. The van der Waals surface area contributed by atoms with Crippen LogP contribution in [0.1, 0.15) is 374 Å². The molecule has 0 rings (SSSR count). The molecule has 524 valence electrons. The van der Waals surface area contributed by atoms with Gasteiger partial charge in [-0.2, -0.15) is 0 Å². The summed E-state index contributed by atoms with van der Waals surface area (Å²) in [4.78, 5) is 80.4. The van der Waals surface area contributed by atoms with Crippen molar-refractivity contribution in [2.45, 2.75) is 380 Å². The molecule has 0 saturated heterocycles. The van der Waals surface area contributed by atoms with E-state index in [2.05, 4.69) is 64.1 Å². The SMILES string of the molecule is CCCCCCCCCCCNC(=O)CCCCCN(CCCCCCCC(N)=O)CCNC(=O)CCC(=O)NCCN(CCCCCCCC(=O)NC(CCCCCCCC)CCCCCCCC)CCCCCC(=O)NCCCCCCCCCCC. The zero-order chi connectivity index (χ0) is 65.0. The summed E-state index contributed by atoms with van der Waals surface area (Å²) < 4.78 is 0. The van der Waals surface area contributed by atoms with Gasteiger partial charge in [-0.25, -0.2) is 0 Å². The van der Waals surface area contributed by atoms with Crippen molar-refractivity contribution in [3.63, 3.8) is 0 Å². The van der Waals surface area contributed by atoms with Gasteiger partial charge in [-0.05, 0) is 103 Å². The van der Waals surface area contributed by atoms with E-state index in [1.165, 1.54) is 180 Å². The van der Waals surface area contributed by atoms with E-state index < -0.39 is 0 Å². The van der Waals surface area contributed by atoms with Crippen molar-refractivity contribution in [2.24, 2.45) is 5.73 Å². The highest BCUT2D eigenvalue weighted by molar-refractivity contribution is 5.83. The summed E-state index contributed by atoms with van der Waals surface area (Å²) in [6, 6.07) is 0.313. The maximum atomic E-state index is 13.1. The van der Waals surface area contributed by atoms with Crippen molar-refractivity contribution in [2.75, 3.05) is 65.4 Å². The predicted octanol–water partition coefficient (Wildman–Crippen LogP) is 17.2. The number of nitrogens with one attached hydrogen (secondary N) is 5. The van der Waals surface area contributed by atoms with E-state index in [1.54, 1.807) is 0 Å². The molecule has 0 atom stereocenters. The van der Waals surface area contributed by atoms with Gasteiger partial charge in [0, 0.05) is 83.8 Å². The van der Waals surface area contributed by atoms with Gasteiger partial charge in [0.05, 0.1) is 0 Å². The van der Waals surface area contributed by atoms with Crippen LogP contribution in [0.2, 0.25) is 0 Å². The highest BCUT2D eigenvalue weighted by Gasteiger charge is 2.15. The normalized spacial score (nSPS) is 11.5. The number of rotatable bonds is 72. The van der Waals surface area contributed by atoms with Crippen LogP contribution in [0.15, 0.2) is 0 Å². The van der Waals surface area contributed by atoms with Crippen LogP contribution in [0.3, 0.4) is 0 Å². The molecular formula is C75H148N8O6. The highest BCUT2D eigenvalue weighted by Crippen LogP contribution is 2.17. The van der Waals surface area contributed by atoms with Crippen LogP contribution >= 0.6 is 0 Å². The van der Waals surface area contributed by atoms with Gasteiger partial charge < -0.3 is 42.1 Å². The minimum absolute atomic E-state index is 0.108. The van der Waals surface area contributed by atoms with Crippen molar-refractivity contribution in [1.29, 1.82) is 0 Å². The summed E-state index contributed by atoms with van der Waals surface area (Å²) >= 11 is 0. The van der Waals surface area contributed by atoms with Gasteiger partial charge in [0.25, 0.3) is 0 Å². The summed E-state index contributed by atoms with van der Waals surface area (Å²) in [5.41, 5.74) is 5.33. The van der Waals surface area contributed by atoms with Crippen LogP contribution in [0.5, 0.6) is 0 Å². The molecule has 0 aromatic carbocycles.